The molecule has 0 amide bonds. The Morgan fingerprint density at radius 2 is 1.91 bits per heavy atom. The fourth-order valence-electron chi connectivity index (χ4n) is 1.98. The average Bonchev–Trinajstić information content (AvgIpc) is 3.01. The van der Waals surface area contributed by atoms with Gasteiger partial charge in [-0.25, -0.2) is 14.4 Å². The number of methoxy groups -OCH3 is 1. The van der Waals surface area contributed by atoms with E-state index in [1.165, 1.54) is 19.2 Å². The summed E-state index contributed by atoms with van der Waals surface area (Å²) in [7, 11) is 1.23. The molecule has 0 N–H and O–H groups in total. The molecule has 0 spiro atoms. The number of rotatable bonds is 3. The molecule has 0 saturated carbocycles. The Morgan fingerprint density at radius 1 is 1.13 bits per heavy atom. The van der Waals surface area contributed by atoms with Gasteiger partial charge in [0.15, 0.2) is 10.6 Å². The van der Waals surface area contributed by atoms with Gasteiger partial charge in [-0.05, 0) is 23.6 Å². The van der Waals surface area contributed by atoms with Crippen LogP contribution in [0.5, 0.6) is 5.75 Å². The molecule has 0 bridgehead atoms. The van der Waals surface area contributed by atoms with Gasteiger partial charge in [0, 0.05) is 5.39 Å². The standard InChI is InChI=1S/C16H10O6S/c1-20-16(19)13-12(6-7-23-13)22-15(18)10-8-9-4-2-3-5-11(9)21-14(10)17/h2-8H,1H3. The van der Waals surface area contributed by atoms with Crippen molar-refractivity contribution < 1.29 is 23.5 Å². The summed E-state index contributed by atoms with van der Waals surface area (Å²) in [6.45, 7) is 0. The fourth-order valence-corrected chi connectivity index (χ4v) is 2.71. The number of thiophene rings is 1. The Hall–Kier alpha value is -2.93. The van der Waals surface area contributed by atoms with Gasteiger partial charge in [0.1, 0.15) is 11.1 Å². The molecule has 6 nitrogen and oxygen atoms in total. The Bertz CT molecular complexity index is 952. The van der Waals surface area contributed by atoms with Gasteiger partial charge in [0.2, 0.25) is 0 Å². The van der Waals surface area contributed by atoms with Crippen molar-refractivity contribution in [3.63, 3.8) is 0 Å². The van der Waals surface area contributed by atoms with E-state index in [1.807, 2.05) is 0 Å². The van der Waals surface area contributed by atoms with Gasteiger partial charge >= 0.3 is 17.6 Å². The van der Waals surface area contributed by atoms with Crippen LogP contribution in [0.4, 0.5) is 0 Å². The molecule has 0 saturated heterocycles. The molecule has 7 heteroatoms. The Morgan fingerprint density at radius 3 is 2.70 bits per heavy atom. The van der Waals surface area contributed by atoms with Crippen LogP contribution in [0.25, 0.3) is 11.0 Å². The Labute approximate surface area is 133 Å². The van der Waals surface area contributed by atoms with Crippen LogP contribution in [0.15, 0.2) is 51.0 Å². The maximum absolute atomic E-state index is 12.2. The summed E-state index contributed by atoms with van der Waals surface area (Å²) in [4.78, 5) is 35.8. The zero-order valence-corrected chi connectivity index (χ0v) is 12.7. The van der Waals surface area contributed by atoms with Crippen LogP contribution >= 0.6 is 11.3 Å². The van der Waals surface area contributed by atoms with Crippen molar-refractivity contribution in [2.75, 3.05) is 7.11 Å². The summed E-state index contributed by atoms with van der Waals surface area (Å²) in [6, 6.07) is 9.66. The maximum atomic E-state index is 12.2. The number of carbonyl (C=O) groups excluding carboxylic acids is 2. The highest BCUT2D eigenvalue weighted by Gasteiger charge is 2.21. The van der Waals surface area contributed by atoms with E-state index >= 15 is 0 Å². The number of esters is 2. The minimum Gasteiger partial charge on any atom is -0.465 e. The van der Waals surface area contributed by atoms with E-state index in [0.29, 0.717) is 11.0 Å². The van der Waals surface area contributed by atoms with Gasteiger partial charge in [0.05, 0.1) is 7.11 Å². The molecule has 116 valence electrons. The van der Waals surface area contributed by atoms with Gasteiger partial charge in [-0.15, -0.1) is 11.3 Å². The molecule has 3 aromatic rings. The van der Waals surface area contributed by atoms with E-state index in [1.54, 1.807) is 29.6 Å². The number of hydrogen-bond acceptors (Lipinski definition) is 7. The van der Waals surface area contributed by atoms with Crippen LogP contribution in [0, 0.1) is 0 Å². The molecule has 0 unspecified atom stereocenters. The number of hydrogen-bond donors (Lipinski definition) is 0. The molecule has 3 rings (SSSR count). The normalized spacial score (nSPS) is 10.5. The smallest absolute Gasteiger partial charge is 0.351 e. The second-order valence-corrected chi connectivity index (χ2v) is 5.40. The van der Waals surface area contributed by atoms with Crippen molar-refractivity contribution in [1.29, 1.82) is 0 Å². The lowest BCUT2D eigenvalue weighted by Gasteiger charge is -2.04. The Kier molecular flexibility index (Phi) is 3.94. The zero-order chi connectivity index (χ0) is 16.4. The summed E-state index contributed by atoms with van der Waals surface area (Å²) in [6.07, 6.45) is 0. The SMILES string of the molecule is COC(=O)c1sccc1OC(=O)c1cc2ccccc2oc1=O. The van der Waals surface area contributed by atoms with E-state index < -0.39 is 17.6 Å². The number of ether oxygens (including phenoxy) is 2. The molecule has 2 heterocycles. The van der Waals surface area contributed by atoms with Crippen LogP contribution in [-0.4, -0.2) is 19.0 Å². The first-order valence-corrected chi connectivity index (χ1v) is 7.39. The largest absolute Gasteiger partial charge is 0.465 e. The van der Waals surface area contributed by atoms with Crippen molar-refractivity contribution in [3.05, 3.63) is 62.6 Å². The lowest BCUT2D eigenvalue weighted by atomic mass is 10.2. The van der Waals surface area contributed by atoms with E-state index in [0.717, 1.165) is 11.3 Å². The first-order chi connectivity index (χ1) is 11.1. The predicted octanol–water partition coefficient (Wildman–Crippen LogP) is 2.86. The van der Waals surface area contributed by atoms with Crippen molar-refractivity contribution in [2.45, 2.75) is 0 Å². The minimum absolute atomic E-state index is 0.0411. The minimum atomic E-state index is -0.895. The molecule has 1 aromatic carbocycles. The molecule has 0 atom stereocenters. The van der Waals surface area contributed by atoms with E-state index in [-0.39, 0.29) is 16.2 Å². The second kappa shape index (κ2) is 6.05. The number of para-hydroxylation sites is 1. The Balaban J connectivity index is 1.95. The predicted molar refractivity (Wildman–Crippen MR) is 83.1 cm³/mol. The fraction of sp³-hybridized carbons (Fsp3) is 0.0625. The molecule has 0 aliphatic carbocycles. The van der Waals surface area contributed by atoms with E-state index in [2.05, 4.69) is 4.74 Å². The summed E-state index contributed by atoms with van der Waals surface area (Å²) >= 11 is 1.07. The third kappa shape index (κ3) is 2.86. The van der Waals surface area contributed by atoms with Gasteiger partial charge in [-0.1, -0.05) is 18.2 Å². The lowest BCUT2D eigenvalue weighted by molar-refractivity contribution is 0.0599. The summed E-state index contributed by atoms with van der Waals surface area (Å²) in [5.74, 6) is -1.47. The quantitative estimate of drug-likeness (QED) is 0.542. The summed E-state index contributed by atoms with van der Waals surface area (Å²) in [5, 5.41) is 2.18. The van der Waals surface area contributed by atoms with Crippen LogP contribution in [-0.2, 0) is 4.74 Å². The highest BCUT2D eigenvalue weighted by molar-refractivity contribution is 7.12. The molecule has 2 aromatic heterocycles. The highest BCUT2D eigenvalue weighted by atomic mass is 32.1. The molecule has 0 aliphatic heterocycles. The third-order valence-electron chi connectivity index (χ3n) is 3.06. The summed E-state index contributed by atoms with van der Waals surface area (Å²) < 4.78 is 14.8. The molecule has 0 fully saturated rings. The van der Waals surface area contributed by atoms with Gasteiger partial charge in [0.25, 0.3) is 0 Å². The molecular weight excluding hydrogens is 320 g/mol. The number of fused-ring (bicyclic) bond motifs is 1. The van der Waals surface area contributed by atoms with Crippen molar-refractivity contribution in [1.82, 2.24) is 0 Å². The molecule has 0 aliphatic rings. The zero-order valence-electron chi connectivity index (χ0n) is 11.9. The second-order valence-electron chi connectivity index (χ2n) is 4.48. The molecular formula is C16H10O6S. The van der Waals surface area contributed by atoms with Gasteiger partial charge in [-0.2, -0.15) is 0 Å². The lowest BCUT2D eigenvalue weighted by Crippen LogP contribution is -2.19. The van der Waals surface area contributed by atoms with Crippen molar-refractivity contribution in [2.24, 2.45) is 0 Å². The van der Waals surface area contributed by atoms with Crippen molar-refractivity contribution in [3.8, 4) is 5.75 Å². The van der Waals surface area contributed by atoms with Crippen LogP contribution in [0.1, 0.15) is 20.0 Å². The van der Waals surface area contributed by atoms with E-state index in [9.17, 15) is 14.4 Å². The molecule has 23 heavy (non-hydrogen) atoms. The highest BCUT2D eigenvalue weighted by Crippen LogP contribution is 2.26. The number of benzene rings is 1. The molecule has 0 radical (unpaired) electrons. The maximum Gasteiger partial charge on any atom is 0.351 e. The third-order valence-corrected chi connectivity index (χ3v) is 3.94. The average molecular weight is 330 g/mol. The topological polar surface area (TPSA) is 82.8 Å². The van der Waals surface area contributed by atoms with Crippen molar-refractivity contribution >= 4 is 34.2 Å². The first kappa shape index (κ1) is 15.0. The van der Waals surface area contributed by atoms with Gasteiger partial charge < -0.3 is 13.9 Å². The first-order valence-electron chi connectivity index (χ1n) is 6.51. The van der Waals surface area contributed by atoms with Crippen LogP contribution in [0.2, 0.25) is 0 Å². The van der Waals surface area contributed by atoms with E-state index in [4.69, 9.17) is 9.15 Å². The van der Waals surface area contributed by atoms with Crippen LogP contribution in [0.3, 0.4) is 0 Å². The number of carbonyl (C=O) groups is 2. The van der Waals surface area contributed by atoms with Crippen LogP contribution < -0.4 is 10.4 Å². The van der Waals surface area contributed by atoms with Gasteiger partial charge in [-0.3, -0.25) is 0 Å². The summed E-state index contributed by atoms with van der Waals surface area (Å²) in [5.41, 5.74) is -0.672. The monoisotopic (exact) mass is 330 g/mol.